The molecule has 2 heteroatoms. The second-order valence-electron chi connectivity index (χ2n) is 3.09. The Kier molecular flexibility index (Phi) is 5.77. The van der Waals surface area contributed by atoms with Gasteiger partial charge in [-0.3, -0.25) is 0 Å². The number of likely N-dealkylation sites (N-methyl/N-ethyl adjacent to an activating group) is 1. The Balaban J connectivity index is 4.62. The van der Waals surface area contributed by atoms with Crippen molar-refractivity contribution in [2.24, 2.45) is 0 Å². The maximum absolute atomic E-state index is 5.77. The lowest BCUT2D eigenvalue weighted by atomic mass is 9.88. The summed E-state index contributed by atoms with van der Waals surface area (Å²) in [5.74, 6) is 2.74. The van der Waals surface area contributed by atoms with Crippen LogP contribution in [0.25, 0.3) is 0 Å². The zero-order valence-electron chi connectivity index (χ0n) is 9.18. The monoisotopic (exact) mass is 183 g/mol. The van der Waals surface area contributed by atoms with E-state index in [4.69, 9.17) is 11.2 Å². The quantitative estimate of drug-likeness (QED) is 0.634. The summed E-state index contributed by atoms with van der Waals surface area (Å²) in [7, 11) is 1.88. The van der Waals surface area contributed by atoms with Crippen molar-refractivity contribution in [2.75, 3.05) is 13.7 Å². The molecule has 13 heavy (non-hydrogen) atoms. The van der Waals surface area contributed by atoms with E-state index in [0.717, 1.165) is 12.8 Å². The van der Waals surface area contributed by atoms with E-state index >= 15 is 0 Å². The third-order valence-corrected chi connectivity index (χ3v) is 2.61. The van der Waals surface area contributed by atoms with E-state index in [-0.39, 0.29) is 11.6 Å². The Morgan fingerprint density at radius 2 is 1.92 bits per heavy atom. The van der Waals surface area contributed by atoms with Crippen LogP contribution in [0.3, 0.4) is 0 Å². The van der Waals surface area contributed by atoms with E-state index in [2.05, 4.69) is 25.1 Å². The summed E-state index contributed by atoms with van der Waals surface area (Å²) in [6.45, 7) is 6.94. The molecule has 0 aliphatic heterocycles. The van der Waals surface area contributed by atoms with Crippen molar-refractivity contribution in [1.29, 1.82) is 0 Å². The van der Waals surface area contributed by atoms with Crippen molar-refractivity contribution in [1.82, 2.24) is 5.32 Å². The summed E-state index contributed by atoms with van der Waals surface area (Å²) < 4.78 is 5.77. The molecular formula is C11H21NO. The van der Waals surface area contributed by atoms with Gasteiger partial charge in [0, 0.05) is 6.61 Å². The summed E-state index contributed by atoms with van der Waals surface area (Å²) in [4.78, 5) is 0. The van der Waals surface area contributed by atoms with E-state index in [1.54, 1.807) is 0 Å². The zero-order valence-corrected chi connectivity index (χ0v) is 9.18. The van der Waals surface area contributed by atoms with Crippen LogP contribution in [-0.2, 0) is 4.74 Å². The van der Waals surface area contributed by atoms with Gasteiger partial charge in [0.2, 0.25) is 0 Å². The third-order valence-electron chi connectivity index (χ3n) is 2.61. The Labute approximate surface area is 82.1 Å². The van der Waals surface area contributed by atoms with Crippen LogP contribution in [0.2, 0.25) is 0 Å². The van der Waals surface area contributed by atoms with Gasteiger partial charge in [-0.25, -0.2) is 0 Å². The molecule has 1 atom stereocenters. The second-order valence-corrected chi connectivity index (χ2v) is 3.09. The molecule has 0 aromatic carbocycles. The molecule has 0 aliphatic carbocycles. The summed E-state index contributed by atoms with van der Waals surface area (Å²) >= 11 is 0. The molecule has 0 rings (SSSR count). The van der Waals surface area contributed by atoms with Crippen molar-refractivity contribution in [3.63, 3.8) is 0 Å². The first-order chi connectivity index (χ1) is 6.20. The number of hydrogen-bond acceptors (Lipinski definition) is 2. The average molecular weight is 183 g/mol. The fourth-order valence-electron chi connectivity index (χ4n) is 1.73. The molecule has 0 bridgehead atoms. The molecule has 0 saturated carbocycles. The van der Waals surface area contributed by atoms with Gasteiger partial charge in [0.1, 0.15) is 0 Å². The van der Waals surface area contributed by atoms with E-state index in [0.29, 0.717) is 6.61 Å². The van der Waals surface area contributed by atoms with Crippen molar-refractivity contribution in [3.05, 3.63) is 0 Å². The van der Waals surface area contributed by atoms with Crippen LogP contribution < -0.4 is 5.32 Å². The molecule has 0 fully saturated rings. The van der Waals surface area contributed by atoms with Gasteiger partial charge in [-0.15, -0.1) is 6.42 Å². The van der Waals surface area contributed by atoms with Crippen LogP contribution in [0.5, 0.6) is 0 Å². The lowest BCUT2D eigenvalue weighted by molar-refractivity contribution is -0.0577. The highest BCUT2D eigenvalue weighted by Crippen LogP contribution is 2.24. The molecule has 0 aromatic heterocycles. The molecule has 0 radical (unpaired) electrons. The molecule has 0 heterocycles. The van der Waals surface area contributed by atoms with Crippen molar-refractivity contribution >= 4 is 0 Å². The molecule has 0 amide bonds. The van der Waals surface area contributed by atoms with E-state index < -0.39 is 0 Å². The van der Waals surface area contributed by atoms with Crippen LogP contribution in [-0.4, -0.2) is 25.3 Å². The Morgan fingerprint density at radius 1 is 1.38 bits per heavy atom. The molecule has 1 N–H and O–H groups in total. The van der Waals surface area contributed by atoms with Crippen molar-refractivity contribution in [3.8, 4) is 12.3 Å². The van der Waals surface area contributed by atoms with Gasteiger partial charge >= 0.3 is 0 Å². The normalized spacial score (nSPS) is 13.8. The van der Waals surface area contributed by atoms with Crippen LogP contribution in [0.15, 0.2) is 0 Å². The highest BCUT2D eigenvalue weighted by Gasteiger charge is 2.34. The Morgan fingerprint density at radius 3 is 2.15 bits per heavy atom. The van der Waals surface area contributed by atoms with E-state index in [1.807, 2.05) is 14.0 Å². The summed E-state index contributed by atoms with van der Waals surface area (Å²) in [6.07, 6.45) is 7.33. The maximum atomic E-state index is 5.77. The smallest absolute Gasteiger partial charge is 0.0978 e. The second kappa shape index (κ2) is 6.01. The van der Waals surface area contributed by atoms with Crippen LogP contribution in [0.1, 0.15) is 33.6 Å². The summed E-state index contributed by atoms with van der Waals surface area (Å²) in [5.41, 5.74) is -0.196. The van der Waals surface area contributed by atoms with Crippen LogP contribution >= 0.6 is 0 Å². The number of ether oxygens (including phenoxy) is 1. The summed E-state index contributed by atoms with van der Waals surface area (Å²) in [6, 6.07) is 0.00227. The average Bonchev–Trinajstić information content (AvgIpc) is 2.18. The lowest BCUT2D eigenvalue weighted by Crippen LogP contribution is -2.50. The minimum absolute atomic E-state index is 0.00227. The van der Waals surface area contributed by atoms with E-state index in [9.17, 15) is 0 Å². The Hall–Kier alpha value is -0.520. The van der Waals surface area contributed by atoms with Gasteiger partial charge < -0.3 is 10.1 Å². The minimum Gasteiger partial charge on any atom is -0.373 e. The van der Waals surface area contributed by atoms with Gasteiger partial charge in [0.05, 0.1) is 11.6 Å². The maximum Gasteiger partial charge on any atom is 0.0978 e. The largest absolute Gasteiger partial charge is 0.373 e. The molecule has 2 nitrogen and oxygen atoms in total. The molecule has 0 aliphatic rings. The first-order valence-electron chi connectivity index (χ1n) is 4.98. The number of nitrogens with one attached hydrogen (secondary N) is 1. The topological polar surface area (TPSA) is 21.3 Å². The standard InChI is InChI=1S/C11H21NO/c1-6-10(12-5)11(7-2,8-3)13-9-4/h1,10,12H,7-9H2,2-5H3. The van der Waals surface area contributed by atoms with Crippen LogP contribution in [0, 0.1) is 12.3 Å². The van der Waals surface area contributed by atoms with Gasteiger partial charge in [-0.2, -0.15) is 0 Å². The number of rotatable bonds is 6. The molecule has 0 spiro atoms. The molecule has 0 saturated heterocycles. The highest BCUT2D eigenvalue weighted by molar-refractivity contribution is 5.09. The van der Waals surface area contributed by atoms with Crippen LogP contribution in [0.4, 0.5) is 0 Å². The molecule has 76 valence electrons. The van der Waals surface area contributed by atoms with Gasteiger partial charge in [0.15, 0.2) is 0 Å². The SMILES string of the molecule is C#CC(NC)C(CC)(CC)OCC. The fourth-order valence-corrected chi connectivity index (χ4v) is 1.73. The minimum atomic E-state index is -0.196. The highest BCUT2D eigenvalue weighted by atomic mass is 16.5. The zero-order chi connectivity index (χ0) is 10.3. The first kappa shape index (κ1) is 12.5. The van der Waals surface area contributed by atoms with Gasteiger partial charge in [-0.1, -0.05) is 19.8 Å². The molecule has 0 aromatic rings. The summed E-state index contributed by atoms with van der Waals surface area (Å²) in [5, 5.41) is 3.12. The Bertz CT molecular complexity index is 167. The molecule has 1 unspecified atom stereocenters. The molecular weight excluding hydrogens is 162 g/mol. The van der Waals surface area contributed by atoms with Gasteiger partial charge in [0.25, 0.3) is 0 Å². The van der Waals surface area contributed by atoms with E-state index in [1.165, 1.54) is 0 Å². The van der Waals surface area contributed by atoms with Gasteiger partial charge in [-0.05, 0) is 26.8 Å². The number of hydrogen-bond donors (Lipinski definition) is 1. The predicted octanol–water partition coefficient (Wildman–Crippen LogP) is 1.80. The third kappa shape index (κ3) is 2.72. The first-order valence-corrected chi connectivity index (χ1v) is 4.98. The number of terminal acetylenes is 1. The fraction of sp³-hybridized carbons (Fsp3) is 0.818. The van der Waals surface area contributed by atoms with Crippen molar-refractivity contribution in [2.45, 2.75) is 45.3 Å². The lowest BCUT2D eigenvalue weighted by Gasteiger charge is -2.36. The van der Waals surface area contributed by atoms with Crippen molar-refractivity contribution < 1.29 is 4.74 Å². The predicted molar refractivity (Wildman–Crippen MR) is 56.6 cm³/mol.